The molecule has 0 spiro atoms. The fraction of sp³-hybridized carbons (Fsp3) is 0.643. The average Bonchev–Trinajstić information content (AvgIpc) is 2.75. The third-order valence-electron chi connectivity index (χ3n) is 3.70. The first-order valence-corrected chi connectivity index (χ1v) is 6.67. The summed E-state index contributed by atoms with van der Waals surface area (Å²) >= 11 is 0. The molecule has 17 heavy (non-hydrogen) atoms. The Balaban J connectivity index is 2.22. The van der Waals surface area contributed by atoms with Crippen LogP contribution in [-0.2, 0) is 6.42 Å². The molecule has 1 fully saturated rings. The highest BCUT2D eigenvalue weighted by molar-refractivity contribution is 5.89. The number of H-pyrrole nitrogens is 1. The zero-order chi connectivity index (χ0) is 12.3. The predicted molar refractivity (Wildman–Crippen MR) is 67.6 cm³/mol. The minimum absolute atomic E-state index is 0.479. The van der Waals surface area contributed by atoms with Crippen molar-refractivity contribution in [2.24, 2.45) is 0 Å². The van der Waals surface area contributed by atoms with Crippen molar-refractivity contribution < 1.29 is 9.90 Å². The number of hydrogen-bond acceptors (Lipinski definition) is 1. The number of carboxylic acids is 1. The van der Waals surface area contributed by atoms with Crippen molar-refractivity contribution in [3.63, 3.8) is 0 Å². The van der Waals surface area contributed by atoms with Crippen molar-refractivity contribution in [2.75, 3.05) is 0 Å². The van der Waals surface area contributed by atoms with Crippen molar-refractivity contribution in [3.05, 3.63) is 23.0 Å². The fourth-order valence-electron chi connectivity index (χ4n) is 2.79. The van der Waals surface area contributed by atoms with Crippen LogP contribution in [0.15, 0.2) is 6.07 Å². The molecule has 0 amide bonds. The Morgan fingerprint density at radius 1 is 1.41 bits per heavy atom. The number of carbonyl (C=O) groups is 1. The molecule has 2 rings (SSSR count). The summed E-state index contributed by atoms with van der Waals surface area (Å²) in [4.78, 5) is 14.5. The van der Waals surface area contributed by atoms with Gasteiger partial charge in [-0.25, -0.2) is 4.79 Å². The molecular weight excluding hydrogens is 214 g/mol. The van der Waals surface area contributed by atoms with Crippen molar-refractivity contribution in [2.45, 2.75) is 57.8 Å². The smallest absolute Gasteiger partial charge is 0.337 e. The molecule has 1 aromatic heterocycles. The van der Waals surface area contributed by atoms with E-state index in [4.69, 9.17) is 0 Å². The quantitative estimate of drug-likeness (QED) is 0.835. The van der Waals surface area contributed by atoms with E-state index in [0.29, 0.717) is 11.5 Å². The highest BCUT2D eigenvalue weighted by Gasteiger charge is 2.21. The summed E-state index contributed by atoms with van der Waals surface area (Å²) in [6, 6.07) is 1.86. The van der Waals surface area contributed by atoms with E-state index in [9.17, 15) is 9.90 Å². The van der Waals surface area contributed by atoms with Crippen LogP contribution < -0.4 is 0 Å². The van der Waals surface area contributed by atoms with E-state index < -0.39 is 5.97 Å². The SMILES string of the molecule is CCCc1[nH]c(C2CCCCC2)cc1C(=O)O. The second-order valence-electron chi connectivity index (χ2n) is 5.01. The van der Waals surface area contributed by atoms with E-state index in [-0.39, 0.29) is 0 Å². The Labute approximate surface area is 102 Å². The van der Waals surface area contributed by atoms with Crippen molar-refractivity contribution in [3.8, 4) is 0 Å². The molecule has 1 aliphatic carbocycles. The highest BCUT2D eigenvalue weighted by atomic mass is 16.4. The van der Waals surface area contributed by atoms with Gasteiger partial charge in [-0.05, 0) is 31.2 Å². The lowest BCUT2D eigenvalue weighted by Gasteiger charge is -2.20. The maximum absolute atomic E-state index is 11.2. The van der Waals surface area contributed by atoms with Crippen LogP contribution in [0.2, 0.25) is 0 Å². The van der Waals surface area contributed by atoms with Crippen LogP contribution in [0.5, 0.6) is 0 Å². The number of carboxylic acid groups (broad SMARTS) is 1. The molecule has 0 atom stereocenters. The highest BCUT2D eigenvalue weighted by Crippen LogP contribution is 2.33. The molecule has 1 saturated carbocycles. The Morgan fingerprint density at radius 3 is 2.71 bits per heavy atom. The molecule has 3 nitrogen and oxygen atoms in total. The number of nitrogens with one attached hydrogen (secondary N) is 1. The lowest BCUT2D eigenvalue weighted by molar-refractivity contribution is 0.0696. The van der Waals surface area contributed by atoms with Gasteiger partial charge in [0.15, 0.2) is 0 Å². The Bertz CT molecular complexity index is 389. The van der Waals surface area contributed by atoms with Gasteiger partial charge in [0.25, 0.3) is 0 Å². The Hall–Kier alpha value is -1.25. The normalized spacial score (nSPS) is 17.2. The lowest BCUT2D eigenvalue weighted by atomic mass is 9.87. The first kappa shape index (κ1) is 12.2. The van der Waals surface area contributed by atoms with Gasteiger partial charge in [-0.1, -0.05) is 32.6 Å². The Morgan fingerprint density at radius 2 is 2.12 bits per heavy atom. The zero-order valence-corrected chi connectivity index (χ0v) is 10.5. The van der Waals surface area contributed by atoms with E-state index in [1.807, 2.05) is 6.07 Å². The van der Waals surface area contributed by atoms with Crippen molar-refractivity contribution in [1.82, 2.24) is 4.98 Å². The Kier molecular flexibility index (Phi) is 3.87. The monoisotopic (exact) mass is 235 g/mol. The molecule has 0 aromatic carbocycles. The van der Waals surface area contributed by atoms with Gasteiger partial charge < -0.3 is 10.1 Å². The van der Waals surface area contributed by atoms with Gasteiger partial charge in [0, 0.05) is 11.4 Å². The van der Waals surface area contributed by atoms with Gasteiger partial charge in [0.05, 0.1) is 5.56 Å². The summed E-state index contributed by atoms with van der Waals surface area (Å²) in [6.45, 7) is 2.08. The molecule has 1 aliphatic rings. The first-order chi connectivity index (χ1) is 8.22. The number of rotatable bonds is 4. The van der Waals surface area contributed by atoms with Gasteiger partial charge in [-0.15, -0.1) is 0 Å². The number of aromatic amines is 1. The lowest BCUT2D eigenvalue weighted by Crippen LogP contribution is -2.04. The van der Waals surface area contributed by atoms with Gasteiger partial charge >= 0.3 is 5.97 Å². The molecule has 3 heteroatoms. The standard InChI is InChI=1S/C14H21NO2/c1-2-6-12-11(14(16)17)9-13(15-12)10-7-4-3-5-8-10/h9-10,15H,2-8H2,1H3,(H,16,17). The largest absolute Gasteiger partial charge is 0.478 e. The minimum Gasteiger partial charge on any atom is -0.478 e. The molecule has 1 aromatic rings. The van der Waals surface area contributed by atoms with E-state index in [1.165, 1.54) is 32.1 Å². The maximum Gasteiger partial charge on any atom is 0.337 e. The fourth-order valence-corrected chi connectivity index (χ4v) is 2.79. The molecule has 0 saturated heterocycles. The van der Waals surface area contributed by atoms with Crippen LogP contribution in [0.25, 0.3) is 0 Å². The number of aryl methyl sites for hydroxylation is 1. The third kappa shape index (κ3) is 2.71. The first-order valence-electron chi connectivity index (χ1n) is 6.67. The summed E-state index contributed by atoms with van der Waals surface area (Å²) in [5.74, 6) is -0.251. The summed E-state index contributed by atoms with van der Waals surface area (Å²) in [7, 11) is 0. The second kappa shape index (κ2) is 5.39. The van der Waals surface area contributed by atoms with Crippen LogP contribution in [-0.4, -0.2) is 16.1 Å². The van der Waals surface area contributed by atoms with E-state index in [0.717, 1.165) is 24.2 Å². The van der Waals surface area contributed by atoms with Crippen LogP contribution in [0.3, 0.4) is 0 Å². The summed E-state index contributed by atoms with van der Waals surface area (Å²) in [5, 5.41) is 9.18. The summed E-state index contributed by atoms with van der Waals surface area (Å²) < 4.78 is 0. The van der Waals surface area contributed by atoms with E-state index in [1.54, 1.807) is 0 Å². The van der Waals surface area contributed by atoms with Crippen LogP contribution in [0.1, 0.15) is 73.1 Å². The van der Waals surface area contributed by atoms with Gasteiger partial charge in [-0.2, -0.15) is 0 Å². The van der Waals surface area contributed by atoms with Crippen molar-refractivity contribution in [1.29, 1.82) is 0 Å². The third-order valence-corrected chi connectivity index (χ3v) is 3.70. The van der Waals surface area contributed by atoms with Crippen molar-refractivity contribution >= 4 is 5.97 Å². The average molecular weight is 235 g/mol. The second-order valence-corrected chi connectivity index (χ2v) is 5.01. The van der Waals surface area contributed by atoms with Crippen LogP contribution in [0, 0.1) is 0 Å². The maximum atomic E-state index is 11.2. The molecule has 0 aliphatic heterocycles. The van der Waals surface area contributed by atoms with Gasteiger partial charge in [-0.3, -0.25) is 0 Å². The minimum atomic E-state index is -0.799. The summed E-state index contributed by atoms with van der Waals surface area (Å²) in [5.41, 5.74) is 2.53. The molecule has 94 valence electrons. The molecule has 0 unspecified atom stereocenters. The molecule has 2 N–H and O–H groups in total. The van der Waals surface area contributed by atoms with E-state index >= 15 is 0 Å². The number of hydrogen-bond donors (Lipinski definition) is 2. The molecule has 0 bridgehead atoms. The van der Waals surface area contributed by atoms with E-state index in [2.05, 4.69) is 11.9 Å². The molecule has 0 radical (unpaired) electrons. The van der Waals surface area contributed by atoms with Gasteiger partial charge in [0.2, 0.25) is 0 Å². The number of aromatic carboxylic acids is 1. The molecule has 1 heterocycles. The number of aromatic nitrogens is 1. The topological polar surface area (TPSA) is 53.1 Å². The summed E-state index contributed by atoms with van der Waals surface area (Å²) in [6.07, 6.45) is 8.07. The zero-order valence-electron chi connectivity index (χ0n) is 10.5. The predicted octanol–water partition coefficient (Wildman–Crippen LogP) is 3.71. The van der Waals surface area contributed by atoms with Crippen LogP contribution in [0.4, 0.5) is 0 Å². The van der Waals surface area contributed by atoms with Crippen LogP contribution >= 0.6 is 0 Å². The molecular formula is C14H21NO2. The van der Waals surface area contributed by atoms with Gasteiger partial charge in [0.1, 0.15) is 0 Å².